The molecule has 1 heterocycles. The molecule has 29 heavy (non-hydrogen) atoms. The highest BCUT2D eigenvalue weighted by Gasteiger charge is 2.21. The van der Waals surface area contributed by atoms with E-state index in [4.69, 9.17) is 0 Å². The summed E-state index contributed by atoms with van der Waals surface area (Å²) in [6, 6.07) is 6.72. The van der Waals surface area contributed by atoms with Gasteiger partial charge in [0.05, 0.1) is 16.7 Å². The zero-order valence-corrected chi connectivity index (χ0v) is 15.8. The van der Waals surface area contributed by atoms with E-state index in [1.807, 2.05) is 0 Å². The van der Waals surface area contributed by atoms with Crippen LogP contribution in [0.15, 0.2) is 53.6 Å². The van der Waals surface area contributed by atoms with Gasteiger partial charge < -0.3 is 5.32 Å². The highest BCUT2D eigenvalue weighted by molar-refractivity contribution is 7.92. The van der Waals surface area contributed by atoms with Crippen LogP contribution in [0.1, 0.15) is 17.3 Å². The van der Waals surface area contributed by atoms with Crippen molar-refractivity contribution in [1.82, 2.24) is 9.78 Å². The van der Waals surface area contributed by atoms with Crippen molar-refractivity contribution in [2.24, 2.45) is 0 Å². The molecule has 3 rings (SSSR count). The van der Waals surface area contributed by atoms with E-state index in [1.165, 1.54) is 16.9 Å². The molecule has 1 amide bonds. The number of nitrogens with zero attached hydrogens (tertiary/aromatic N) is 2. The van der Waals surface area contributed by atoms with Crippen LogP contribution in [0.2, 0.25) is 0 Å². The molecule has 0 aliphatic carbocycles. The third-order valence-corrected chi connectivity index (χ3v) is 5.28. The average Bonchev–Trinajstić information content (AvgIpc) is 3.11. The number of hydrogen-bond acceptors (Lipinski definition) is 4. The Hall–Kier alpha value is -3.34. The van der Waals surface area contributed by atoms with Gasteiger partial charge in [0, 0.05) is 24.4 Å². The quantitative estimate of drug-likeness (QED) is 0.635. The Labute approximate surface area is 164 Å². The largest absolute Gasteiger partial charge is 0.322 e. The van der Waals surface area contributed by atoms with Gasteiger partial charge in [0.2, 0.25) is 0 Å². The molecular weight excluding hydrogens is 409 g/mol. The number of aryl methyl sites for hydroxylation is 1. The number of carbonyl (C=O) groups excluding carboxylic acids is 1. The van der Waals surface area contributed by atoms with Gasteiger partial charge in [-0.05, 0) is 37.3 Å². The van der Waals surface area contributed by atoms with Crippen LogP contribution in [-0.4, -0.2) is 24.1 Å². The second-order valence-electron chi connectivity index (χ2n) is 5.86. The van der Waals surface area contributed by atoms with Gasteiger partial charge in [-0.2, -0.15) is 5.10 Å². The molecule has 1 aromatic heterocycles. The van der Waals surface area contributed by atoms with Crippen LogP contribution in [0.3, 0.4) is 0 Å². The van der Waals surface area contributed by atoms with Crippen molar-refractivity contribution >= 4 is 27.4 Å². The molecule has 0 bridgehead atoms. The molecule has 0 fully saturated rings. The van der Waals surface area contributed by atoms with Crippen molar-refractivity contribution in [3.8, 4) is 0 Å². The molecule has 0 atom stereocenters. The summed E-state index contributed by atoms with van der Waals surface area (Å²) < 4.78 is 69.3. The summed E-state index contributed by atoms with van der Waals surface area (Å²) >= 11 is 0. The molecule has 0 unspecified atom stereocenters. The maximum absolute atomic E-state index is 14.1. The molecule has 2 N–H and O–H groups in total. The van der Waals surface area contributed by atoms with Crippen molar-refractivity contribution in [2.45, 2.75) is 18.4 Å². The van der Waals surface area contributed by atoms with Crippen LogP contribution in [0.25, 0.3) is 0 Å². The number of hydrogen-bond donors (Lipinski definition) is 2. The van der Waals surface area contributed by atoms with Crippen molar-refractivity contribution in [3.05, 3.63) is 71.7 Å². The van der Waals surface area contributed by atoms with Gasteiger partial charge in [0.1, 0.15) is 11.6 Å². The second-order valence-corrected chi connectivity index (χ2v) is 7.54. The summed E-state index contributed by atoms with van der Waals surface area (Å²) in [5.74, 6) is -4.12. The van der Waals surface area contributed by atoms with Crippen LogP contribution in [0.4, 0.5) is 24.7 Å². The Bertz CT molecular complexity index is 1180. The Morgan fingerprint density at radius 1 is 1.03 bits per heavy atom. The van der Waals surface area contributed by atoms with Gasteiger partial charge >= 0.3 is 0 Å². The predicted molar refractivity (Wildman–Crippen MR) is 99.4 cm³/mol. The maximum Gasteiger partial charge on any atom is 0.263 e. The molecule has 0 saturated carbocycles. The van der Waals surface area contributed by atoms with Crippen LogP contribution < -0.4 is 10.0 Å². The van der Waals surface area contributed by atoms with Crippen molar-refractivity contribution in [1.29, 1.82) is 0 Å². The number of sulfonamides is 1. The minimum absolute atomic E-state index is 0.119. The maximum atomic E-state index is 14.1. The fourth-order valence-corrected chi connectivity index (χ4v) is 3.57. The van der Waals surface area contributed by atoms with E-state index in [-0.39, 0.29) is 16.4 Å². The van der Waals surface area contributed by atoms with Crippen LogP contribution in [0, 0.1) is 17.5 Å². The summed E-state index contributed by atoms with van der Waals surface area (Å²) in [6.07, 6.45) is 1.41. The molecule has 11 heteroatoms. The summed E-state index contributed by atoms with van der Waals surface area (Å²) in [5, 5.41) is 6.14. The highest BCUT2D eigenvalue weighted by atomic mass is 32.2. The number of benzene rings is 2. The first-order chi connectivity index (χ1) is 13.7. The standard InChI is InChI=1S/C18H15F3N4O3S/c1-2-25-17(7-8-22-25)24-29(27,28)12-4-6-14(19)13(10-12)18(26)23-11-3-5-15(20)16(21)9-11/h3-10,24H,2H2,1H3,(H,23,26). The van der Waals surface area contributed by atoms with E-state index < -0.39 is 38.9 Å². The van der Waals surface area contributed by atoms with Gasteiger partial charge in [-0.3, -0.25) is 9.52 Å². The third kappa shape index (κ3) is 4.40. The fourth-order valence-electron chi connectivity index (χ4n) is 2.49. The van der Waals surface area contributed by atoms with E-state index >= 15 is 0 Å². The normalized spacial score (nSPS) is 11.3. The molecule has 152 valence electrons. The SMILES string of the molecule is CCn1nccc1NS(=O)(=O)c1ccc(F)c(C(=O)Nc2ccc(F)c(F)c2)c1. The number of aromatic nitrogens is 2. The lowest BCUT2D eigenvalue weighted by atomic mass is 10.2. The van der Waals surface area contributed by atoms with Gasteiger partial charge in [0.25, 0.3) is 15.9 Å². The molecule has 7 nitrogen and oxygen atoms in total. The lowest BCUT2D eigenvalue weighted by Crippen LogP contribution is -2.19. The Kier molecular flexibility index (Phi) is 5.59. The summed E-state index contributed by atoms with van der Waals surface area (Å²) in [4.78, 5) is 12.0. The lowest BCUT2D eigenvalue weighted by molar-refractivity contribution is 0.102. The lowest BCUT2D eigenvalue weighted by Gasteiger charge is -2.11. The number of anilines is 2. The average molecular weight is 424 g/mol. The first kappa shape index (κ1) is 20.4. The molecule has 0 aliphatic rings. The molecular formula is C18H15F3N4O3S. The van der Waals surface area contributed by atoms with E-state index in [0.717, 1.165) is 36.4 Å². The zero-order valence-electron chi connectivity index (χ0n) is 15.0. The minimum Gasteiger partial charge on any atom is -0.322 e. The number of amides is 1. The zero-order chi connectivity index (χ0) is 21.2. The van der Waals surface area contributed by atoms with Crippen molar-refractivity contribution in [3.63, 3.8) is 0 Å². The number of nitrogens with one attached hydrogen (secondary N) is 2. The molecule has 0 radical (unpaired) electrons. The Morgan fingerprint density at radius 3 is 2.45 bits per heavy atom. The van der Waals surface area contributed by atoms with Gasteiger partial charge in [0.15, 0.2) is 11.6 Å². The van der Waals surface area contributed by atoms with Crippen molar-refractivity contribution < 1.29 is 26.4 Å². The van der Waals surface area contributed by atoms with Crippen molar-refractivity contribution in [2.75, 3.05) is 10.0 Å². The van der Waals surface area contributed by atoms with Crippen LogP contribution in [0.5, 0.6) is 0 Å². The van der Waals surface area contributed by atoms with Gasteiger partial charge in [-0.25, -0.2) is 26.3 Å². The fraction of sp³-hybridized carbons (Fsp3) is 0.111. The van der Waals surface area contributed by atoms with Gasteiger partial charge in [-0.1, -0.05) is 0 Å². The molecule has 2 aromatic carbocycles. The van der Waals surface area contributed by atoms with Crippen LogP contribution in [-0.2, 0) is 16.6 Å². The molecule has 0 aliphatic heterocycles. The summed E-state index contributed by atoms with van der Waals surface area (Å²) in [5.41, 5.74) is -0.701. The predicted octanol–water partition coefficient (Wildman–Crippen LogP) is 3.37. The third-order valence-electron chi connectivity index (χ3n) is 3.93. The topological polar surface area (TPSA) is 93.1 Å². The van der Waals surface area contributed by atoms with Crippen LogP contribution >= 0.6 is 0 Å². The minimum atomic E-state index is -4.14. The Balaban J connectivity index is 1.88. The second kappa shape index (κ2) is 7.95. The summed E-state index contributed by atoms with van der Waals surface area (Å²) in [7, 11) is -4.14. The summed E-state index contributed by atoms with van der Waals surface area (Å²) in [6.45, 7) is 2.18. The number of carbonyl (C=O) groups is 1. The molecule has 3 aromatic rings. The smallest absolute Gasteiger partial charge is 0.263 e. The number of rotatable bonds is 6. The van der Waals surface area contributed by atoms with E-state index in [0.29, 0.717) is 6.54 Å². The first-order valence-corrected chi connectivity index (χ1v) is 9.80. The van der Waals surface area contributed by atoms with E-state index in [2.05, 4.69) is 15.1 Å². The van der Waals surface area contributed by atoms with E-state index in [9.17, 15) is 26.4 Å². The monoisotopic (exact) mass is 424 g/mol. The number of halogens is 3. The van der Waals surface area contributed by atoms with E-state index in [1.54, 1.807) is 6.92 Å². The van der Waals surface area contributed by atoms with Gasteiger partial charge in [-0.15, -0.1) is 0 Å². The molecule has 0 saturated heterocycles. The molecule has 0 spiro atoms. The highest BCUT2D eigenvalue weighted by Crippen LogP contribution is 2.21. The Morgan fingerprint density at radius 2 is 1.76 bits per heavy atom. The first-order valence-electron chi connectivity index (χ1n) is 8.32.